The molecule has 0 aliphatic rings. The van der Waals surface area contributed by atoms with Crippen LogP contribution in [0.4, 0.5) is 8.78 Å². The van der Waals surface area contributed by atoms with Crippen LogP contribution >= 0.6 is 22.0 Å². The molecule has 1 rings (SSSR count). The van der Waals surface area contributed by atoms with Gasteiger partial charge < -0.3 is 5.32 Å². The van der Waals surface area contributed by atoms with Crippen molar-refractivity contribution in [2.45, 2.75) is 17.1 Å². The van der Waals surface area contributed by atoms with E-state index in [-0.39, 0.29) is 17.2 Å². The third-order valence-electron chi connectivity index (χ3n) is 1.75. The van der Waals surface area contributed by atoms with Crippen molar-refractivity contribution in [3.05, 3.63) is 17.0 Å². The second-order valence-corrected chi connectivity index (χ2v) is 6.96. The number of amides is 1. The molecule has 4 nitrogen and oxygen atoms in total. The molecular weight excluding hydrogens is 296 g/mol. The molecule has 0 fully saturated rings. The van der Waals surface area contributed by atoms with Gasteiger partial charge >= 0.3 is 6.43 Å². The maximum absolute atomic E-state index is 11.8. The van der Waals surface area contributed by atoms with Crippen molar-refractivity contribution in [2.24, 2.45) is 0 Å². The van der Waals surface area contributed by atoms with Gasteiger partial charge in [-0.2, -0.15) is 8.78 Å². The average Bonchev–Trinajstić information content (AvgIpc) is 2.65. The Hall–Kier alpha value is -0.730. The van der Waals surface area contributed by atoms with Gasteiger partial charge in [-0.05, 0) is 18.6 Å². The molecule has 0 saturated heterocycles. The summed E-state index contributed by atoms with van der Waals surface area (Å²) in [6.07, 6.45) is -2.77. The summed E-state index contributed by atoms with van der Waals surface area (Å²) in [6.45, 7) is 0.0193. The molecule has 0 aromatic carbocycles. The lowest BCUT2D eigenvalue weighted by molar-refractivity contribution is -0.131. The molecule has 0 saturated carbocycles. The van der Waals surface area contributed by atoms with E-state index >= 15 is 0 Å². The van der Waals surface area contributed by atoms with Gasteiger partial charge in [0.1, 0.15) is 4.21 Å². The van der Waals surface area contributed by atoms with E-state index in [4.69, 9.17) is 10.7 Å². The number of alkyl halides is 2. The number of hydrogen-bond donors (Lipinski definition) is 1. The molecule has 0 radical (unpaired) electrons. The fourth-order valence-electron chi connectivity index (χ4n) is 1.01. The first kappa shape index (κ1) is 14.3. The van der Waals surface area contributed by atoms with Crippen LogP contribution in [0.15, 0.2) is 16.3 Å². The number of thiophene rings is 1. The van der Waals surface area contributed by atoms with Crippen LogP contribution in [-0.4, -0.2) is 27.3 Å². The number of halogens is 3. The topological polar surface area (TPSA) is 63.2 Å². The fraction of sp³-hybridized carbons (Fsp3) is 0.375. The molecule has 0 bridgehead atoms. The van der Waals surface area contributed by atoms with Crippen LogP contribution < -0.4 is 5.32 Å². The standard InChI is InChI=1S/C8H8ClF2NO3S2/c9-17(14,15)6-2-1-5(16-6)3-4-12-8(13)7(10)11/h1-2,7H,3-4H2,(H,12,13). The summed E-state index contributed by atoms with van der Waals surface area (Å²) >= 11 is 0.941. The maximum atomic E-state index is 11.8. The largest absolute Gasteiger partial charge is 0.351 e. The quantitative estimate of drug-likeness (QED) is 0.840. The van der Waals surface area contributed by atoms with Crippen LogP contribution in [0.2, 0.25) is 0 Å². The third kappa shape index (κ3) is 4.57. The summed E-state index contributed by atoms with van der Waals surface area (Å²) in [5.41, 5.74) is 0. The summed E-state index contributed by atoms with van der Waals surface area (Å²) in [6, 6.07) is 2.85. The fourth-order valence-corrected chi connectivity index (χ4v) is 3.13. The second kappa shape index (κ2) is 5.74. The highest BCUT2D eigenvalue weighted by Crippen LogP contribution is 2.24. The number of carbonyl (C=O) groups is 1. The highest BCUT2D eigenvalue weighted by atomic mass is 35.7. The Morgan fingerprint density at radius 3 is 2.59 bits per heavy atom. The van der Waals surface area contributed by atoms with Gasteiger partial charge in [0, 0.05) is 22.1 Å². The van der Waals surface area contributed by atoms with E-state index in [1.54, 1.807) is 0 Å². The predicted octanol–water partition coefficient (Wildman–Crippen LogP) is 1.60. The lowest BCUT2D eigenvalue weighted by atomic mass is 10.3. The van der Waals surface area contributed by atoms with Crippen molar-refractivity contribution in [1.82, 2.24) is 5.32 Å². The van der Waals surface area contributed by atoms with Crippen LogP contribution in [0, 0.1) is 0 Å². The molecule has 0 aliphatic heterocycles. The minimum atomic E-state index is -3.75. The second-order valence-electron chi connectivity index (χ2n) is 3.00. The normalized spacial score (nSPS) is 11.8. The zero-order valence-electron chi connectivity index (χ0n) is 8.32. The monoisotopic (exact) mass is 303 g/mol. The first-order valence-electron chi connectivity index (χ1n) is 4.40. The highest BCUT2D eigenvalue weighted by Gasteiger charge is 2.15. The molecule has 1 aromatic heterocycles. The van der Waals surface area contributed by atoms with Crippen molar-refractivity contribution in [3.8, 4) is 0 Å². The van der Waals surface area contributed by atoms with Crippen molar-refractivity contribution < 1.29 is 22.0 Å². The van der Waals surface area contributed by atoms with E-state index in [0.717, 1.165) is 11.3 Å². The van der Waals surface area contributed by atoms with E-state index in [2.05, 4.69) is 0 Å². The summed E-state index contributed by atoms with van der Waals surface area (Å²) in [4.78, 5) is 11.2. The van der Waals surface area contributed by atoms with Crippen LogP contribution in [0.3, 0.4) is 0 Å². The molecule has 17 heavy (non-hydrogen) atoms. The third-order valence-corrected chi connectivity index (χ3v) is 4.98. The molecule has 0 aliphatic carbocycles. The van der Waals surface area contributed by atoms with E-state index in [1.807, 2.05) is 5.32 Å². The zero-order chi connectivity index (χ0) is 13.1. The lowest BCUT2D eigenvalue weighted by Gasteiger charge is -2.02. The number of rotatable bonds is 5. The molecule has 0 unspecified atom stereocenters. The van der Waals surface area contributed by atoms with Gasteiger partial charge in [0.15, 0.2) is 0 Å². The van der Waals surface area contributed by atoms with Crippen LogP contribution in [0.5, 0.6) is 0 Å². The molecule has 0 atom stereocenters. The van der Waals surface area contributed by atoms with E-state index in [0.29, 0.717) is 4.88 Å². The van der Waals surface area contributed by atoms with Gasteiger partial charge in [-0.1, -0.05) is 0 Å². The van der Waals surface area contributed by atoms with Gasteiger partial charge in [-0.15, -0.1) is 11.3 Å². The molecule has 0 spiro atoms. The minimum absolute atomic E-state index is 0.00523. The SMILES string of the molecule is O=C(NCCc1ccc(S(=O)(=O)Cl)s1)C(F)F. The van der Waals surface area contributed by atoms with Crippen molar-refractivity contribution in [2.75, 3.05) is 6.54 Å². The van der Waals surface area contributed by atoms with Gasteiger partial charge in [-0.25, -0.2) is 8.42 Å². The Morgan fingerprint density at radius 1 is 1.47 bits per heavy atom. The van der Waals surface area contributed by atoms with Gasteiger partial charge in [0.25, 0.3) is 15.0 Å². The van der Waals surface area contributed by atoms with Crippen LogP contribution in [0.1, 0.15) is 4.88 Å². The molecule has 1 amide bonds. The molecule has 1 N–H and O–H groups in total. The molecule has 9 heteroatoms. The number of hydrogen-bond acceptors (Lipinski definition) is 4. The average molecular weight is 304 g/mol. The first-order valence-corrected chi connectivity index (χ1v) is 7.52. The van der Waals surface area contributed by atoms with Gasteiger partial charge in [-0.3, -0.25) is 4.79 Å². The van der Waals surface area contributed by atoms with Crippen molar-refractivity contribution in [1.29, 1.82) is 0 Å². The summed E-state index contributed by atoms with van der Waals surface area (Å²) in [5.74, 6) is -1.34. The van der Waals surface area contributed by atoms with Crippen molar-refractivity contribution >= 4 is 37.0 Å². The smallest absolute Gasteiger partial charge is 0.315 e. The Morgan fingerprint density at radius 2 is 2.12 bits per heavy atom. The summed E-state index contributed by atoms with van der Waals surface area (Å²) in [7, 11) is 1.36. The lowest BCUT2D eigenvalue weighted by Crippen LogP contribution is -2.30. The van der Waals surface area contributed by atoms with Gasteiger partial charge in [0.05, 0.1) is 0 Å². The Balaban J connectivity index is 2.49. The van der Waals surface area contributed by atoms with Crippen LogP contribution in [0.25, 0.3) is 0 Å². The summed E-state index contributed by atoms with van der Waals surface area (Å²) < 4.78 is 45.5. The maximum Gasteiger partial charge on any atom is 0.315 e. The highest BCUT2D eigenvalue weighted by molar-refractivity contribution is 8.15. The predicted molar refractivity (Wildman–Crippen MR) is 60.1 cm³/mol. The molecule has 1 aromatic rings. The first-order chi connectivity index (χ1) is 7.80. The van der Waals surface area contributed by atoms with E-state index in [9.17, 15) is 22.0 Å². The Labute approximate surface area is 105 Å². The van der Waals surface area contributed by atoms with Gasteiger partial charge in [0.2, 0.25) is 0 Å². The Kier molecular flexibility index (Phi) is 4.84. The number of nitrogens with one attached hydrogen (secondary N) is 1. The zero-order valence-corrected chi connectivity index (χ0v) is 10.7. The Bertz CT molecular complexity index is 501. The van der Waals surface area contributed by atoms with Crippen molar-refractivity contribution in [3.63, 3.8) is 0 Å². The number of carbonyl (C=O) groups excluding carboxylic acids is 1. The van der Waals surface area contributed by atoms with E-state index < -0.39 is 21.4 Å². The summed E-state index contributed by atoms with van der Waals surface area (Å²) in [5, 5.41) is 2.01. The molecule has 96 valence electrons. The minimum Gasteiger partial charge on any atom is -0.351 e. The molecule has 1 heterocycles. The van der Waals surface area contributed by atoms with Crippen LogP contribution in [-0.2, 0) is 20.3 Å². The molecular formula is C8H8ClF2NO3S2. The van der Waals surface area contributed by atoms with E-state index in [1.165, 1.54) is 12.1 Å².